The maximum absolute atomic E-state index is 5.54. The van der Waals surface area contributed by atoms with Crippen LogP contribution in [0.4, 0.5) is 0 Å². The Morgan fingerprint density at radius 1 is 1.69 bits per heavy atom. The minimum atomic E-state index is -0.155. The predicted molar refractivity (Wildman–Crippen MR) is 53.5 cm³/mol. The van der Waals surface area contributed by atoms with Gasteiger partial charge in [0.05, 0.1) is 5.69 Å². The molecule has 4 heteroatoms. The van der Waals surface area contributed by atoms with E-state index >= 15 is 0 Å². The normalized spacial score (nSPS) is 27.3. The van der Waals surface area contributed by atoms with Gasteiger partial charge in [-0.05, 0) is 41.8 Å². The molecule has 1 aliphatic heterocycles. The number of methoxy groups -OCH3 is 1. The van der Waals surface area contributed by atoms with Gasteiger partial charge in [-0.1, -0.05) is 0 Å². The first-order valence-corrected chi connectivity index (χ1v) is 5.24. The van der Waals surface area contributed by atoms with Crippen LogP contribution in [-0.2, 0) is 16.9 Å². The van der Waals surface area contributed by atoms with Crippen LogP contribution in [-0.4, -0.2) is 16.9 Å². The van der Waals surface area contributed by atoms with Crippen molar-refractivity contribution >= 4 is 15.9 Å². The van der Waals surface area contributed by atoms with E-state index < -0.39 is 0 Å². The number of aryl methyl sites for hydroxylation is 1. The van der Waals surface area contributed by atoms with Gasteiger partial charge in [-0.15, -0.1) is 0 Å². The van der Waals surface area contributed by atoms with E-state index in [-0.39, 0.29) is 5.60 Å². The molecule has 0 spiro atoms. The third kappa shape index (κ3) is 1.42. The van der Waals surface area contributed by atoms with Crippen LogP contribution < -0.4 is 0 Å². The highest BCUT2D eigenvalue weighted by molar-refractivity contribution is 9.10. The Kier molecular flexibility index (Phi) is 2.20. The molecular formula is C9H13BrN2O. The third-order valence-corrected chi connectivity index (χ3v) is 3.15. The van der Waals surface area contributed by atoms with E-state index in [0.717, 1.165) is 24.0 Å². The molecule has 0 N–H and O–H groups in total. The van der Waals surface area contributed by atoms with E-state index in [1.807, 2.05) is 10.7 Å². The van der Waals surface area contributed by atoms with Crippen molar-refractivity contribution in [3.8, 4) is 0 Å². The van der Waals surface area contributed by atoms with Crippen molar-refractivity contribution in [1.29, 1.82) is 0 Å². The molecule has 0 aliphatic carbocycles. The summed E-state index contributed by atoms with van der Waals surface area (Å²) in [5.74, 6) is 0. The van der Waals surface area contributed by atoms with E-state index in [4.69, 9.17) is 4.74 Å². The van der Waals surface area contributed by atoms with Crippen molar-refractivity contribution in [2.75, 3.05) is 7.11 Å². The molecule has 1 unspecified atom stereocenters. The average Bonchev–Trinajstić information content (AvgIpc) is 2.48. The molecule has 2 rings (SSSR count). The summed E-state index contributed by atoms with van der Waals surface area (Å²) >= 11 is 3.39. The molecular weight excluding hydrogens is 232 g/mol. The molecule has 0 aromatic carbocycles. The van der Waals surface area contributed by atoms with Gasteiger partial charge in [0, 0.05) is 13.7 Å². The van der Waals surface area contributed by atoms with E-state index in [1.165, 1.54) is 5.69 Å². The second kappa shape index (κ2) is 3.10. The third-order valence-electron chi connectivity index (χ3n) is 2.77. The number of rotatable bonds is 1. The maximum atomic E-state index is 5.54. The second-order valence-corrected chi connectivity index (χ2v) is 4.43. The Hall–Kier alpha value is -0.350. The van der Waals surface area contributed by atoms with Gasteiger partial charge in [0.1, 0.15) is 10.2 Å². The first kappa shape index (κ1) is 9.21. The first-order valence-electron chi connectivity index (χ1n) is 4.45. The van der Waals surface area contributed by atoms with E-state index in [9.17, 15) is 0 Å². The zero-order valence-corrected chi connectivity index (χ0v) is 9.47. The Bertz CT molecular complexity index is 323. The number of nitrogens with zero attached hydrogens (tertiary/aromatic N) is 2. The fraction of sp³-hybridized carbons (Fsp3) is 0.667. The van der Waals surface area contributed by atoms with Gasteiger partial charge in [-0.2, -0.15) is 5.10 Å². The van der Waals surface area contributed by atoms with Crippen LogP contribution in [0.5, 0.6) is 0 Å². The Morgan fingerprint density at radius 2 is 2.46 bits per heavy atom. The fourth-order valence-corrected chi connectivity index (χ4v) is 2.29. The molecule has 1 aromatic rings. The topological polar surface area (TPSA) is 27.1 Å². The molecule has 1 atom stereocenters. The predicted octanol–water partition coefficient (Wildman–Crippen LogP) is 2.30. The zero-order chi connectivity index (χ0) is 9.47. The summed E-state index contributed by atoms with van der Waals surface area (Å²) in [5, 5.41) is 4.35. The lowest BCUT2D eigenvalue weighted by Gasteiger charge is -2.32. The van der Waals surface area contributed by atoms with Crippen LogP contribution in [0.2, 0.25) is 0 Å². The summed E-state index contributed by atoms with van der Waals surface area (Å²) < 4.78 is 8.46. The van der Waals surface area contributed by atoms with Crippen molar-refractivity contribution in [2.24, 2.45) is 0 Å². The molecule has 2 heterocycles. The van der Waals surface area contributed by atoms with Crippen molar-refractivity contribution in [3.63, 3.8) is 0 Å². The highest BCUT2D eigenvalue weighted by Gasteiger charge is 2.33. The van der Waals surface area contributed by atoms with Crippen molar-refractivity contribution in [2.45, 2.75) is 31.9 Å². The number of hydrogen-bond donors (Lipinski definition) is 0. The largest absolute Gasteiger partial charge is 0.372 e. The standard InChI is InChI=1S/C9H13BrN2O/c1-9(13-2)4-3-5-12-7(9)6-8(10)11-12/h6H,3-5H2,1-2H3. The molecule has 13 heavy (non-hydrogen) atoms. The summed E-state index contributed by atoms with van der Waals surface area (Å²) in [6, 6.07) is 2.04. The van der Waals surface area contributed by atoms with Crippen LogP contribution in [0.25, 0.3) is 0 Å². The smallest absolute Gasteiger partial charge is 0.128 e. The summed E-state index contributed by atoms with van der Waals surface area (Å²) in [6.45, 7) is 3.12. The molecule has 0 amide bonds. The van der Waals surface area contributed by atoms with Gasteiger partial charge >= 0.3 is 0 Å². The minimum Gasteiger partial charge on any atom is -0.372 e. The molecule has 72 valence electrons. The number of hydrogen-bond acceptors (Lipinski definition) is 2. The van der Waals surface area contributed by atoms with E-state index in [2.05, 4.69) is 28.0 Å². The van der Waals surface area contributed by atoms with Gasteiger partial charge in [0.15, 0.2) is 0 Å². The van der Waals surface area contributed by atoms with Gasteiger partial charge in [0.2, 0.25) is 0 Å². The molecule has 0 fully saturated rings. The van der Waals surface area contributed by atoms with Gasteiger partial charge in [-0.3, -0.25) is 4.68 Å². The fourth-order valence-electron chi connectivity index (χ4n) is 1.88. The maximum Gasteiger partial charge on any atom is 0.128 e. The molecule has 3 nitrogen and oxygen atoms in total. The number of ether oxygens (including phenoxy) is 1. The Labute approximate surface area is 86.2 Å². The SMILES string of the molecule is COC1(C)CCCn2nc(Br)cc21. The minimum absolute atomic E-state index is 0.155. The van der Waals surface area contributed by atoms with Crippen LogP contribution in [0.1, 0.15) is 25.5 Å². The van der Waals surface area contributed by atoms with Crippen LogP contribution in [0.15, 0.2) is 10.7 Å². The lowest BCUT2D eigenvalue weighted by molar-refractivity contribution is -0.0250. The van der Waals surface area contributed by atoms with Crippen molar-refractivity contribution in [3.05, 3.63) is 16.4 Å². The number of fused-ring (bicyclic) bond motifs is 1. The highest BCUT2D eigenvalue weighted by Crippen LogP contribution is 2.35. The van der Waals surface area contributed by atoms with E-state index in [0.29, 0.717) is 0 Å². The van der Waals surface area contributed by atoms with Crippen LogP contribution >= 0.6 is 15.9 Å². The van der Waals surface area contributed by atoms with Crippen LogP contribution in [0.3, 0.4) is 0 Å². The Morgan fingerprint density at radius 3 is 3.15 bits per heavy atom. The lowest BCUT2D eigenvalue weighted by Crippen LogP contribution is -2.32. The summed E-state index contributed by atoms with van der Waals surface area (Å²) in [4.78, 5) is 0. The number of aromatic nitrogens is 2. The first-order chi connectivity index (χ1) is 6.15. The van der Waals surface area contributed by atoms with Crippen molar-refractivity contribution in [1.82, 2.24) is 9.78 Å². The summed E-state index contributed by atoms with van der Waals surface area (Å²) in [6.07, 6.45) is 2.20. The molecule has 0 radical (unpaired) electrons. The molecule has 1 aromatic heterocycles. The highest BCUT2D eigenvalue weighted by atomic mass is 79.9. The van der Waals surface area contributed by atoms with E-state index in [1.54, 1.807) is 7.11 Å². The van der Waals surface area contributed by atoms with Crippen molar-refractivity contribution < 1.29 is 4.74 Å². The van der Waals surface area contributed by atoms with Gasteiger partial charge in [0.25, 0.3) is 0 Å². The molecule has 0 bridgehead atoms. The quantitative estimate of drug-likeness (QED) is 0.759. The monoisotopic (exact) mass is 244 g/mol. The summed E-state index contributed by atoms with van der Waals surface area (Å²) in [7, 11) is 1.76. The number of halogens is 1. The Balaban J connectivity index is 2.47. The second-order valence-electron chi connectivity index (χ2n) is 3.61. The average molecular weight is 245 g/mol. The van der Waals surface area contributed by atoms with Crippen LogP contribution in [0, 0.1) is 0 Å². The zero-order valence-electron chi connectivity index (χ0n) is 7.88. The van der Waals surface area contributed by atoms with Gasteiger partial charge < -0.3 is 4.74 Å². The summed E-state index contributed by atoms with van der Waals surface area (Å²) in [5.41, 5.74) is 1.02. The lowest BCUT2D eigenvalue weighted by atomic mass is 9.93. The molecule has 0 saturated heterocycles. The van der Waals surface area contributed by atoms with Gasteiger partial charge in [-0.25, -0.2) is 0 Å². The molecule has 0 saturated carbocycles. The molecule has 1 aliphatic rings.